The fourth-order valence-corrected chi connectivity index (χ4v) is 1.51. The van der Waals surface area contributed by atoms with Gasteiger partial charge in [-0.15, -0.1) is 0 Å². The third kappa shape index (κ3) is 3.98. The highest BCUT2D eigenvalue weighted by Gasteiger charge is 2.18. The van der Waals surface area contributed by atoms with Gasteiger partial charge in [-0.25, -0.2) is 0 Å². The minimum atomic E-state index is -0.700. The van der Waals surface area contributed by atoms with Gasteiger partial charge in [-0.2, -0.15) is 0 Å². The molecule has 9 heteroatoms. The van der Waals surface area contributed by atoms with Gasteiger partial charge >= 0.3 is 5.82 Å². The lowest BCUT2D eigenvalue weighted by Gasteiger charge is -2.11. The molecule has 2 amide bonds. The summed E-state index contributed by atoms with van der Waals surface area (Å²) >= 11 is 3.07. The van der Waals surface area contributed by atoms with Crippen LogP contribution in [0.1, 0.15) is 10.4 Å². The average Bonchev–Trinajstić information content (AvgIpc) is 2.35. The molecule has 1 heterocycles. The Labute approximate surface area is 117 Å². The van der Waals surface area contributed by atoms with Gasteiger partial charge in [0, 0.05) is 20.2 Å². The van der Waals surface area contributed by atoms with Crippen LogP contribution in [0.2, 0.25) is 0 Å². The molecule has 0 bridgehead atoms. The van der Waals surface area contributed by atoms with Crippen molar-refractivity contribution < 1.29 is 14.5 Å². The van der Waals surface area contributed by atoms with E-state index >= 15 is 0 Å². The van der Waals surface area contributed by atoms with Gasteiger partial charge in [0.1, 0.15) is 0 Å². The summed E-state index contributed by atoms with van der Waals surface area (Å²) in [6.45, 7) is -0.186. The SMILES string of the molecule is CN(C)C(=O)CNC(=O)c1cc([N+](=O)[O-])ncc1Br. The van der Waals surface area contributed by atoms with Gasteiger partial charge < -0.3 is 20.3 Å². The summed E-state index contributed by atoms with van der Waals surface area (Å²) in [4.78, 5) is 37.9. The monoisotopic (exact) mass is 330 g/mol. The molecule has 0 spiro atoms. The number of aromatic nitrogens is 1. The molecule has 1 N–H and O–H groups in total. The van der Waals surface area contributed by atoms with Crippen LogP contribution in [0.4, 0.5) is 5.82 Å². The summed E-state index contributed by atoms with van der Waals surface area (Å²) in [5.74, 6) is -1.31. The maximum Gasteiger partial charge on any atom is 0.364 e. The summed E-state index contributed by atoms with van der Waals surface area (Å²) in [6.07, 6.45) is 1.17. The van der Waals surface area contributed by atoms with E-state index in [2.05, 4.69) is 26.2 Å². The lowest BCUT2D eigenvalue weighted by molar-refractivity contribution is -0.389. The molecule has 1 aromatic heterocycles. The zero-order valence-electron chi connectivity index (χ0n) is 10.2. The number of carbonyl (C=O) groups is 2. The van der Waals surface area contributed by atoms with Crippen LogP contribution < -0.4 is 5.32 Å². The van der Waals surface area contributed by atoms with Gasteiger partial charge in [0.15, 0.2) is 6.20 Å². The van der Waals surface area contributed by atoms with E-state index in [1.807, 2.05) is 0 Å². The van der Waals surface area contributed by atoms with Gasteiger partial charge in [0.2, 0.25) is 5.91 Å². The fraction of sp³-hybridized carbons (Fsp3) is 0.300. The zero-order chi connectivity index (χ0) is 14.6. The van der Waals surface area contributed by atoms with Crippen molar-refractivity contribution in [2.75, 3.05) is 20.6 Å². The van der Waals surface area contributed by atoms with Crippen LogP contribution in [0, 0.1) is 10.1 Å². The number of likely N-dealkylation sites (N-methyl/N-ethyl adjacent to an activating group) is 1. The second-order valence-corrected chi connectivity index (χ2v) is 4.60. The van der Waals surface area contributed by atoms with E-state index in [1.54, 1.807) is 14.1 Å². The molecular formula is C10H11BrN4O4. The number of rotatable bonds is 4. The average molecular weight is 331 g/mol. The Kier molecular flexibility index (Phi) is 4.93. The molecule has 0 aromatic carbocycles. The second-order valence-electron chi connectivity index (χ2n) is 3.75. The van der Waals surface area contributed by atoms with Gasteiger partial charge in [0.25, 0.3) is 5.91 Å². The first kappa shape index (κ1) is 15.0. The summed E-state index contributed by atoms with van der Waals surface area (Å²) in [6, 6.07) is 1.04. The molecule has 0 aliphatic carbocycles. The Balaban J connectivity index is 2.84. The van der Waals surface area contributed by atoms with E-state index in [4.69, 9.17) is 0 Å². The summed E-state index contributed by atoms with van der Waals surface area (Å²) in [5.41, 5.74) is 0.0493. The third-order valence-corrected chi connectivity index (χ3v) is 2.80. The van der Waals surface area contributed by atoms with Crippen LogP contribution in [0.3, 0.4) is 0 Å². The van der Waals surface area contributed by atoms with E-state index in [1.165, 1.54) is 11.1 Å². The van der Waals surface area contributed by atoms with Gasteiger partial charge in [-0.3, -0.25) is 9.59 Å². The van der Waals surface area contributed by atoms with Crippen LogP contribution >= 0.6 is 15.9 Å². The number of hydrogen-bond acceptors (Lipinski definition) is 5. The van der Waals surface area contributed by atoms with Gasteiger partial charge in [0.05, 0.1) is 16.6 Å². The fourth-order valence-electron chi connectivity index (χ4n) is 1.11. The first-order valence-electron chi connectivity index (χ1n) is 5.11. The first-order valence-corrected chi connectivity index (χ1v) is 5.90. The maximum absolute atomic E-state index is 11.8. The Morgan fingerprint density at radius 1 is 1.53 bits per heavy atom. The minimum absolute atomic E-state index is 0.0493. The van der Waals surface area contributed by atoms with Crippen LogP contribution in [0.15, 0.2) is 16.7 Å². The topological polar surface area (TPSA) is 105 Å². The van der Waals surface area contributed by atoms with Gasteiger partial charge in [-0.1, -0.05) is 0 Å². The highest BCUT2D eigenvalue weighted by molar-refractivity contribution is 9.10. The number of nitrogens with zero attached hydrogens (tertiary/aromatic N) is 3. The number of pyridine rings is 1. The quantitative estimate of drug-likeness (QED) is 0.641. The van der Waals surface area contributed by atoms with Crippen molar-refractivity contribution in [1.29, 1.82) is 0 Å². The summed E-state index contributed by atoms with van der Waals surface area (Å²) < 4.78 is 0.313. The molecule has 0 saturated heterocycles. The standard InChI is InChI=1S/C10H11BrN4O4/c1-14(2)9(16)5-13-10(17)6-3-8(15(18)19)12-4-7(6)11/h3-4H,5H2,1-2H3,(H,13,17). The number of carbonyl (C=O) groups excluding carboxylic acids is 2. The van der Waals surface area contributed by atoms with E-state index in [0.717, 1.165) is 6.07 Å². The van der Waals surface area contributed by atoms with Crippen LogP contribution in [-0.2, 0) is 4.79 Å². The molecule has 19 heavy (non-hydrogen) atoms. The molecular weight excluding hydrogens is 320 g/mol. The number of amides is 2. The summed E-state index contributed by atoms with van der Waals surface area (Å²) in [7, 11) is 3.11. The molecule has 0 atom stereocenters. The Bertz CT molecular complexity index is 532. The van der Waals surface area contributed by atoms with Crippen molar-refractivity contribution in [2.45, 2.75) is 0 Å². The number of nitrogens with one attached hydrogen (secondary N) is 1. The molecule has 0 saturated carbocycles. The smallest absolute Gasteiger partial charge is 0.358 e. The van der Waals surface area contributed by atoms with Crippen molar-refractivity contribution in [3.05, 3.63) is 32.4 Å². The number of hydrogen-bond donors (Lipinski definition) is 1. The van der Waals surface area contributed by atoms with Crippen molar-refractivity contribution in [3.63, 3.8) is 0 Å². The molecule has 0 aliphatic heterocycles. The highest BCUT2D eigenvalue weighted by Crippen LogP contribution is 2.19. The predicted molar refractivity (Wildman–Crippen MR) is 69.6 cm³/mol. The largest absolute Gasteiger partial charge is 0.364 e. The second kappa shape index (κ2) is 6.23. The van der Waals surface area contributed by atoms with Crippen molar-refractivity contribution in [2.24, 2.45) is 0 Å². The molecule has 102 valence electrons. The van der Waals surface area contributed by atoms with Crippen LogP contribution in [-0.4, -0.2) is 47.3 Å². The van der Waals surface area contributed by atoms with Crippen molar-refractivity contribution in [3.8, 4) is 0 Å². The van der Waals surface area contributed by atoms with Crippen molar-refractivity contribution >= 4 is 33.6 Å². The minimum Gasteiger partial charge on any atom is -0.358 e. The predicted octanol–water partition coefficient (Wildman–Crippen LogP) is 0.570. The zero-order valence-corrected chi connectivity index (χ0v) is 11.8. The molecule has 1 rings (SSSR count). The summed E-state index contributed by atoms with van der Waals surface area (Å²) in [5, 5.41) is 13.0. The van der Waals surface area contributed by atoms with E-state index in [0.29, 0.717) is 4.47 Å². The van der Waals surface area contributed by atoms with Gasteiger partial charge in [-0.05, 0) is 25.8 Å². The normalized spacial score (nSPS) is 9.84. The maximum atomic E-state index is 11.8. The third-order valence-electron chi connectivity index (χ3n) is 2.17. The van der Waals surface area contributed by atoms with E-state index in [-0.39, 0.29) is 18.0 Å². The first-order chi connectivity index (χ1) is 8.82. The van der Waals surface area contributed by atoms with E-state index < -0.39 is 16.6 Å². The lowest BCUT2D eigenvalue weighted by Crippen LogP contribution is -2.36. The molecule has 0 unspecified atom stereocenters. The highest BCUT2D eigenvalue weighted by atomic mass is 79.9. The molecule has 1 aromatic rings. The number of halogens is 1. The molecule has 0 radical (unpaired) electrons. The van der Waals surface area contributed by atoms with E-state index in [9.17, 15) is 19.7 Å². The van der Waals surface area contributed by atoms with Crippen LogP contribution in [0.25, 0.3) is 0 Å². The number of nitro groups is 1. The lowest BCUT2D eigenvalue weighted by atomic mass is 10.2. The Morgan fingerprint density at radius 3 is 2.68 bits per heavy atom. The Hall–Kier alpha value is -2.03. The van der Waals surface area contributed by atoms with Crippen molar-refractivity contribution in [1.82, 2.24) is 15.2 Å². The molecule has 0 aliphatic rings. The molecule has 0 fully saturated rings. The Morgan fingerprint density at radius 2 is 2.16 bits per heavy atom. The molecule has 8 nitrogen and oxygen atoms in total. The van der Waals surface area contributed by atoms with Crippen LogP contribution in [0.5, 0.6) is 0 Å².